The summed E-state index contributed by atoms with van der Waals surface area (Å²) in [5, 5.41) is 15.5. The van der Waals surface area contributed by atoms with Crippen molar-refractivity contribution in [2.24, 2.45) is 5.10 Å². The molecule has 13 heteroatoms. The minimum Gasteiger partial charge on any atom is -0.455 e. The second-order valence-corrected chi connectivity index (χ2v) is 7.80. The molecular formula is C22H24N8O5. The van der Waals surface area contributed by atoms with Crippen LogP contribution in [0, 0.1) is 10.1 Å². The van der Waals surface area contributed by atoms with Crippen molar-refractivity contribution in [3.8, 4) is 11.3 Å². The fourth-order valence-electron chi connectivity index (χ4n) is 3.78. The summed E-state index contributed by atoms with van der Waals surface area (Å²) in [4.78, 5) is 28.7. The molecule has 0 bridgehead atoms. The lowest BCUT2D eigenvalue weighted by Crippen LogP contribution is -2.40. The smallest absolute Gasteiger partial charge is 0.280 e. The van der Waals surface area contributed by atoms with Crippen LogP contribution in [0.1, 0.15) is 5.76 Å². The Balaban J connectivity index is 1.34. The Morgan fingerprint density at radius 3 is 2.17 bits per heavy atom. The summed E-state index contributed by atoms with van der Waals surface area (Å²) >= 11 is 0. The molecule has 0 saturated carbocycles. The molecule has 182 valence electrons. The van der Waals surface area contributed by atoms with Gasteiger partial charge in [-0.1, -0.05) is 12.1 Å². The lowest BCUT2D eigenvalue weighted by molar-refractivity contribution is -0.384. The van der Waals surface area contributed by atoms with E-state index in [1.807, 2.05) is 0 Å². The van der Waals surface area contributed by atoms with Crippen molar-refractivity contribution in [2.45, 2.75) is 0 Å². The molecule has 0 aliphatic carbocycles. The van der Waals surface area contributed by atoms with Crippen molar-refractivity contribution < 1.29 is 18.8 Å². The largest absolute Gasteiger partial charge is 0.455 e. The lowest BCUT2D eigenvalue weighted by Gasteiger charge is -2.30. The van der Waals surface area contributed by atoms with Crippen molar-refractivity contribution >= 4 is 29.7 Å². The van der Waals surface area contributed by atoms with Crippen LogP contribution in [-0.4, -0.2) is 78.7 Å². The van der Waals surface area contributed by atoms with Gasteiger partial charge in [0.15, 0.2) is 0 Å². The zero-order valence-corrected chi connectivity index (χ0v) is 18.9. The molecule has 0 spiro atoms. The average molecular weight is 480 g/mol. The van der Waals surface area contributed by atoms with Crippen LogP contribution in [0.2, 0.25) is 0 Å². The number of morpholine rings is 2. The predicted molar refractivity (Wildman–Crippen MR) is 128 cm³/mol. The SMILES string of the molecule is O=[N+]([O-])c1ccccc1-c1ccc(/C=N/Nc2nc(N3CCOCC3)nc(N3CCOCC3)n2)o1. The van der Waals surface area contributed by atoms with E-state index in [1.54, 1.807) is 30.3 Å². The summed E-state index contributed by atoms with van der Waals surface area (Å²) in [6, 6.07) is 9.76. The molecule has 0 radical (unpaired) electrons. The maximum absolute atomic E-state index is 11.3. The number of nitro groups is 1. The van der Waals surface area contributed by atoms with Gasteiger partial charge < -0.3 is 23.7 Å². The second kappa shape index (κ2) is 10.4. The summed E-state index contributed by atoms with van der Waals surface area (Å²) in [6.07, 6.45) is 1.46. The highest BCUT2D eigenvalue weighted by atomic mass is 16.6. The topological polar surface area (TPSA) is 144 Å². The number of nitrogens with one attached hydrogen (secondary N) is 1. The van der Waals surface area contributed by atoms with E-state index in [-0.39, 0.29) is 5.69 Å². The Morgan fingerprint density at radius 2 is 1.54 bits per heavy atom. The van der Waals surface area contributed by atoms with E-state index < -0.39 is 4.92 Å². The quantitative estimate of drug-likeness (QED) is 0.302. The zero-order valence-electron chi connectivity index (χ0n) is 18.9. The highest BCUT2D eigenvalue weighted by Crippen LogP contribution is 2.30. The molecule has 35 heavy (non-hydrogen) atoms. The molecule has 5 rings (SSSR count). The molecule has 0 amide bonds. The molecular weight excluding hydrogens is 456 g/mol. The number of ether oxygens (including phenoxy) is 2. The Morgan fingerprint density at radius 1 is 0.914 bits per heavy atom. The van der Waals surface area contributed by atoms with Gasteiger partial charge in [0.1, 0.15) is 11.5 Å². The Labute approximate surface area is 200 Å². The fraction of sp³-hybridized carbons (Fsp3) is 0.364. The Kier molecular flexibility index (Phi) is 6.77. The number of para-hydroxylation sites is 1. The highest BCUT2D eigenvalue weighted by molar-refractivity contribution is 5.79. The molecule has 1 N–H and O–H groups in total. The van der Waals surface area contributed by atoms with Crippen LogP contribution in [0.25, 0.3) is 11.3 Å². The van der Waals surface area contributed by atoms with Gasteiger partial charge in [-0.2, -0.15) is 20.1 Å². The van der Waals surface area contributed by atoms with E-state index in [1.165, 1.54) is 12.3 Å². The standard InChI is InChI=1S/C22H24N8O5/c31-30(32)18-4-2-1-3-17(18)19-6-5-16(35-19)15-23-27-20-24-21(28-7-11-33-12-8-28)26-22(25-20)29-9-13-34-14-10-29/h1-6,15H,7-14H2,(H,24,25,26,27)/b23-15+. The molecule has 2 fully saturated rings. The summed E-state index contributed by atoms with van der Waals surface area (Å²) < 4.78 is 16.6. The first-order valence-corrected chi connectivity index (χ1v) is 11.2. The van der Waals surface area contributed by atoms with Crippen LogP contribution < -0.4 is 15.2 Å². The van der Waals surface area contributed by atoms with Crippen LogP contribution in [-0.2, 0) is 9.47 Å². The van der Waals surface area contributed by atoms with Gasteiger partial charge in [0.2, 0.25) is 17.8 Å². The molecule has 0 unspecified atom stereocenters. The van der Waals surface area contributed by atoms with Crippen LogP contribution in [0.5, 0.6) is 0 Å². The van der Waals surface area contributed by atoms with Crippen molar-refractivity contribution in [3.05, 3.63) is 52.3 Å². The lowest BCUT2D eigenvalue weighted by atomic mass is 10.1. The summed E-state index contributed by atoms with van der Waals surface area (Å²) in [5.74, 6) is 2.20. The van der Waals surface area contributed by atoms with Crippen molar-refractivity contribution in [1.82, 2.24) is 15.0 Å². The highest BCUT2D eigenvalue weighted by Gasteiger charge is 2.21. The zero-order chi connectivity index (χ0) is 24.0. The van der Waals surface area contributed by atoms with Gasteiger partial charge in [0.05, 0.1) is 43.1 Å². The van der Waals surface area contributed by atoms with Crippen LogP contribution in [0.15, 0.2) is 45.9 Å². The number of rotatable bonds is 7. The summed E-state index contributed by atoms with van der Waals surface area (Å²) in [7, 11) is 0. The Bertz CT molecular complexity index is 1170. The van der Waals surface area contributed by atoms with Gasteiger partial charge in [-0.25, -0.2) is 5.43 Å². The summed E-state index contributed by atoms with van der Waals surface area (Å²) in [5.41, 5.74) is 3.22. The summed E-state index contributed by atoms with van der Waals surface area (Å²) in [6.45, 7) is 5.21. The van der Waals surface area contributed by atoms with E-state index >= 15 is 0 Å². The molecule has 2 aromatic heterocycles. The number of hydrogen-bond acceptors (Lipinski definition) is 12. The van der Waals surface area contributed by atoms with E-state index in [9.17, 15) is 10.1 Å². The third-order valence-electron chi connectivity index (χ3n) is 5.55. The number of hydrazone groups is 1. The molecule has 2 saturated heterocycles. The Hall–Kier alpha value is -4.10. The van der Waals surface area contributed by atoms with Crippen molar-refractivity contribution in [2.75, 3.05) is 67.8 Å². The van der Waals surface area contributed by atoms with Crippen LogP contribution >= 0.6 is 0 Å². The normalized spacial score (nSPS) is 16.6. The van der Waals surface area contributed by atoms with E-state index in [0.717, 1.165) is 0 Å². The molecule has 4 heterocycles. The first kappa shape index (κ1) is 22.7. The van der Waals surface area contributed by atoms with Crippen molar-refractivity contribution in [1.29, 1.82) is 0 Å². The minimum absolute atomic E-state index is 0.0278. The maximum Gasteiger partial charge on any atom is 0.280 e. The number of hydrogen-bond donors (Lipinski definition) is 1. The number of benzene rings is 1. The number of nitrogens with zero attached hydrogens (tertiary/aromatic N) is 7. The maximum atomic E-state index is 11.3. The van der Waals surface area contributed by atoms with Gasteiger partial charge >= 0.3 is 0 Å². The molecule has 2 aliphatic heterocycles. The molecule has 1 aromatic carbocycles. The average Bonchev–Trinajstić information content (AvgIpc) is 3.38. The monoisotopic (exact) mass is 480 g/mol. The van der Waals surface area contributed by atoms with E-state index in [2.05, 4.69) is 35.3 Å². The van der Waals surface area contributed by atoms with Gasteiger partial charge in [-0.15, -0.1) is 0 Å². The number of anilines is 3. The van der Waals surface area contributed by atoms with E-state index in [4.69, 9.17) is 13.9 Å². The second-order valence-electron chi connectivity index (χ2n) is 7.80. The minimum atomic E-state index is -0.438. The van der Waals surface area contributed by atoms with Gasteiger partial charge in [-0.05, 0) is 18.2 Å². The van der Waals surface area contributed by atoms with Gasteiger partial charge in [0.25, 0.3) is 5.69 Å². The number of aromatic nitrogens is 3. The van der Waals surface area contributed by atoms with Crippen LogP contribution in [0.4, 0.5) is 23.5 Å². The first-order chi connectivity index (χ1) is 17.2. The molecule has 0 atom stereocenters. The first-order valence-electron chi connectivity index (χ1n) is 11.2. The van der Waals surface area contributed by atoms with E-state index in [0.29, 0.717) is 87.5 Å². The molecule has 2 aliphatic rings. The van der Waals surface area contributed by atoms with Crippen LogP contribution in [0.3, 0.4) is 0 Å². The predicted octanol–water partition coefficient (Wildman–Crippen LogP) is 2.16. The van der Waals surface area contributed by atoms with Gasteiger partial charge in [-0.3, -0.25) is 10.1 Å². The molecule has 3 aromatic rings. The number of nitro benzene ring substituents is 1. The third kappa shape index (κ3) is 5.36. The van der Waals surface area contributed by atoms with Gasteiger partial charge in [0, 0.05) is 32.2 Å². The molecule has 13 nitrogen and oxygen atoms in total. The van der Waals surface area contributed by atoms with Crippen molar-refractivity contribution in [3.63, 3.8) is 0 Å². The fourth-order valence-corrected chi connectivity index (χ4v) is 3.78. The number of furan rings is 1. The third-order valence-corrected chi connectivity index (χ3v) is 5.55.